The number of nitrogens with zero attached hydrogens (tertiary/aromatic N) is 1. The number of carbonyl (C=O) groups is 1. The van der Waals surface area contributed by atoms with E-state index >= 15 is 0 Å². The minimum absolute atomic E-state index is 0.158. The predicted molar refractivity (Wildman–Crippen MR) is 93.4 cm³/mol. The number of hydrogen-bond donors (Lipinski definition) is 0. The molecular formula is C19H25NO3S. The summed E-state index contributed by atoms with van der Waals surface area (Å²) >= 11 is 0. The predicted octanol–water partition coefficient (Wildman–Crippen LogP) is 2.88. The lowest BCUT2D eigenvalue weighted by molar-refractivity contribution is -0.135. The van der Waals surface area contributed by atoms with Crippen molar-refractivity contribution in [3.05, 3.63) is 35.4 Å². The normalized spacial score (nSPS) is 24.5. The smallest absolute Gasteiger partial charge is 0.223 e. The summed E-state index contributed by atoms with van der Waals surface area (Å²) in [5.74, 6) is 0.325. The van der Waals surface area contributed by atoms with Crippen LogP contribution < -0.4 is 0 Å². The zero-order valence-corrected chi connectivity index (χ0v) is 15.0. The number of sulfone groups is 1. The third-order valence-electron chi connectivity index (χ3n) is 5.72. The topological polar surface area (TPSA) is 54.5 Å². The summed E-state index contributed by atoms with van der Waals surface area (Å²) in [6, 6.07) is 8.99. The molecule has 0 heterocycles. The second-order valence-electron chi connectivity index (χ2n) is 8.03. The molecule has 5 heteroatoms. The van der Waals surface area contributed by atoms with Gasteiger partial charge < -0.3 is 4.90 Å². The Morgan fingerprint density at radius 2 is 1.92 bits per heavy atom. The quantitative estimate of drug-likeness (QED) is 0.795. The number of benzene rings is 1. The van der Waals surface area contributed by atoms with Gasteiger partial charge in [0.25, 0.3) is 0 Å². The third kappa shape index (κ3) is 3.23. The Morgan fingerprint density at radius 1 is 1.21 bits per heavy atom. The number of amides is 1. The highest BCUT2D eigenvalue weighted by atomic mass is 32.2. The van der Waals surface area contributed by atoms with E-state index in [1.165, 1.54) is 17.4 Å². The van der Waals surface area contributed by atoms with Gasteiger partial charge in [-0.25, -0.2) is 8.42 Å². The highest BCUT2D eigenvalue weighted by Crippen LogP contribution is 2.51. The highest BCUT2D eigenvalue weighted by Gasteiger charge is 2.49. The molecule has 0 aliphatic heterocycles. The number of rotatable bonds is 6. The lowest BCUT2D eigenvalue weighted by Crippen LogP contribution is -2.38. The molecule has 4 nitrogen and oxygen atoms in total. The number of aryl methyl sites for hydroxylation is 1. The zero-order valence-electron chi connectivity index (χ0n) is 14.2. The fourth-order valence-electron chi connectivity index (χ4n) is 4.33. The molecule has 0 unspecified atom stereocenters. The zero-order chi connectivity index (χ0) is 16.9. The molecule has 0 radical (unpaired) electrons. The molecule has 2 fully saturated rings. The molecule has 1 amide bonds. The Morgan fingerprint density at radius 3 is 2.54 bits per heavy atom. The number of fused-ring (bicyclic) bond motifs is 1. The van der Waals surface area contributed by atoms with Crippen molar-refractivity contribution in [2.45, 2.75) is 57.0 Å². The monoisotopic (exact) mass is 347 g/mol. The van der Waals surface area contributed by atoms with Crippen molar-refractivity contribution in [1.29, 1.82) is 0 Å². The fraction of sp³-hybridized carbons (Fsp3) is 0.632. The molecular weight excluding hydrogens is 322 g/mol. The van der Waals surface area contributed by atoms with Gasteiger partial charge in [0.15, 0.2) is 0 Å². The van der Waals surface area contributed by atoms with Crippen molar-refractivity contribution in [3.8, 4) is 0 Å². The van der Waals surface area contributed by atoms with Crippen molar-refractivity contribution in [1.82, 2.24) is 4.90 Å². The van der Waals surface area contributed by atoms with Crippen molar-refractivity contribution >= 4 is 15.7 Å². The summed E-state index contributed by atoms with van der Waals surface area (Å²) in [5, 5.41) is 0. The Balaban J connectivity index is 1.53. The van der Waals surface area contributed by atoms with Crippen LogP contribution >= 0.6 is 0 Å². The molecule has 3 aliphatic carbocycles. The molecule has 0 spiro atoms. The molecule has 1 aromatic rings. The van der Waals surface area contributed by atoms with E-state index in [9.17, 15) is 13.2 Å². The third-order valence-corrected chi connectivity index (χ3v) is 6.85. The van der Waals surface area contributed by atoms with Crippen LogP contribution in [0.15, 0.2) is 24.3 Å². The number of hydrogen-bond acceptors (Lipinski definition) is 3. The summed E-state index contributed by atoms with van der Waals surface area (Å²) in [4.78, 5) is 15.2. The molecule has 1 atom stereocenters. The Hall–Kier alpha value is -1.36. The average Bonchev–Trinajstić information content (AvgIpc) is 3.40. The van der Waals surface area contributed by atoms with E-state index in [4.69, 9.17) is 0 Å². The standard InChI is InChI=1S/C19H25NO3S/c1-24(22,23)13-19(10-11-19)12-18(21)20(15-7-8-15)17-9-6-14-4-2-3-5-16(14)17/h2-5,15,17H,6-13H2,1H3/t17-/m1/s1. The average molecular weight is 347 g/mol. The van der Waals surface area contributed by atoms with E-state index in [0.29, 0.717) is 12.5 Å². The summed E-state index contributed by atoms with van der Waals surface area (Å²) in [7, 11) is -3.03. The molecule has 3 aliphatic rings. The van der Waals surface area contributed by atoms with Crippen molar-refractivity contribution in [3.63, 3.8) is 0 Å². The summed E-state index contributed by atoms with van der Waals surface area (Å²) < 4.78 is 23.4. The van der Waals surface area contributed by atoms with E-state index in [1.54, 1.807) is 0 Å². The first-order chi connectivity index (χ1) is 11.4. The lowest BCUT2D eigenvalue weighted by atomic mass is 10.0. The number of carbonyl (C=O) groups excluding carboxylic acids is 1. The Labute approximate surface area is 144 Å². The van der Waals surface area contributed by atoms with Gasteiger partial charge in [0.05, 0.1) is 11.8 Å². The summed E-state index contributed by atoms with van der Waals surface area (Å²) in [6.45, 7) is 0. The van der Waals surface area contributed by atoms with Gasteiger partial charge in [-0.3, -0.25) is 4.79 Å². The van der Waals surface area contributed by atoms with Crippen LogP contribution in [0.25, 0.3) is 0 Å². The molecule has 2 saturated carbocycles. The summed E-state index contributed by atoms with van der Waals surface area (Å²) in [6.07, 6.45) is 7.62. The second-order valence-corrected chi connectivity index (χ2v) is 10.2. The molecule has 0 aromatic heterocycles. The molecule has 0 N–H and O–H groups in total. The van der Waals surface area contributed by atoms with Gasteiger partial charge in [0.1, 0.15) is 9.84 Å². The molecule has 0 bridgehead atoms. The molecule has 1 aromatic carbocycles. The largest absolute Gasteiger partial charge is 0.333 e. The van der Waals surface area contributed by atoms with E-state index < -0.39 is 9.84 Å². The van der Waals surface area contributed by atoms with Gasteiger partial charge in [-0.05, 0) is 55.1 Å². The summed E-state index contributed by atoms with van der Waals surface area (Å²) in [5.41, 5.74) is 2.37. The first kappa shape index (κ1) is 16.1. The van der Waals surface area contributed by atoms with Gasteiger partial charge in [-0.1, -0.05) is 24.3 Å². The van der Waals surface area contributed by atoms with E-state index in [0.717, 1.165) is 38.5 Å². The first-order valence-electron chi connectivity index (χ1n) is 8.94. The van der Waals surface area contributed by atoms with Gasteiger partial charge in [-0.15, -0.1) is 0 Å². The van der Waals surface area contributed by atoms with Gasteiger partial charge in [-0.2, -0.15) is 0 Å². The van der Waals surface area contributed by atoms with E-state index in [1.807, 2.05) is 0 Å². The van der Waals surface area contributed by atoms with Crippen LogP contribution in [0.5, 0.6) is 0 Å². The van der Waals surface area contributed by atoms with Gasteiger partial charge in [0.2, 0.25) is 5.91 Å². The van der Waals surface area contributed by atoms with Crippen LogP contribution in [0.4, 0.5) is 0 Å². The van der Waals surface area contributed by atoms with Crippen LogP contribution in [-0.2, 0) is 21.1 Å². The fourth-order valence-corrected chi connectivity index (χ4v) is 5.83. The van der Waals surface area contributed by atoms with E-state index in [2.05, 4.69) is 29.2 Å². The molecule has 24 heavy (non-hydrogen) atoms. The Kier molecular flexibility index (Phi) is 3.75. The minimum atomic E-state index is -3.03. The maximum absolute atomic E-state index is 13.1. The van der Waals surface area contributed by atoms with Crippen LogP contribution in [0.3, 0.4) is 0 Å². The van der Waals surface area contributed by atoms with Crippen molar-refractivity contribution in [2.24, 2.45) is 5.41 Å². The SMILES string of the molecule is CS(=O)(=O)CC1(CC(=O)N(C2CC2)[C@@H]2CCc3ccccc32)CC1. The molecule has 0 saturated heterocycles. The van der Waals surface area contributed by atoms with Crippen LogP contribution in [0.2, 0.25) is 0 Å². The van der Waals surface area contributed by atoms with Crippen LogP contribution in [0.1, 0.15) is 55.7 Å². The molecule has 130 valence electrons. The highest BCUT2D eigenvalue weighted by molar-refractivity contribution is 7.90. The second kappa shape index (κ2) is 5.58. The van der Waals surface area contributed by atoms with E-state index in [-0.39, 0.29) is 23.1 Å². The molecule has 4 rings (SSSR count). The maximum Gasteiger partial charge on any atom is 0.223 e. The van der Waals surface area contributed by atoms with Crippen molar-refractivity contribution in [2.75, 3.05) is 12.0 Å². The first-order valence-corrected chi connectivity index (χ1v) is 11.0. The minimum Gasteiger partial charge on any atom is -0.333 e. The van der Waals surface area contributed by atoms with Crippen LogP contribution in [0, 0.1) is 5.41 Å². The van der Waals surface area contributed by atoms with Crippen LogP contribution in [-0.4, -0.2) is 37.3 Å². The van der Waals surface area contributed by atoms with Gasteiger partial charge >= 0.3 is 0 Å². The lowest BCUT2D eigenvalue weighted by Gasteiger charge is -2.31. The Bertz CT molecular complexity index is 763. The van der Waals surface area contributed by atoms with Gasteiger partial charge in [0, 0.05) is 18.7 Å². The maximum atomic E-state index is 13.1. The van der Waals surface area contributed by atoms with Crippen molar-refractivity contribution < 1.29 is 13.2 Å².